The van der Waals surface area contributed by atoms with Gasteiger partial charge in [0, 0.05) is 11.6 Å². The molecule has 1 aromatic rings. The highest BCUT2D eigenvalue weighted by Gasteiger charge is 2.50. The Morgan fingerprint density at radius 3 is 2.48 bits per heavy atom. The fourth-order valence-corrected chi connectivity index (χ4v) is 3.72. The van der Waals surface area contributed by atoms with E-state index >= 15 is 0 Å². The summed E-state index contributed by atoms with van der Waals surface area (Å²) in [6.45, 7) is 0.443. The summed E-state index contributed by atoms with van der Waals surface area (Å²) in [7, 11) is 1.69. The number of ether oxygens (including phenoxy) is 1. The van der Waals surface area contributed by atoms with Gasteiger partial charge in [0.1, 0.15) is 11.9 Å². The molecule has 21 heavy (non-hydrogen) atoms. The Kier molecular flexibility index (Phi) is 3.14. The number of methoxy groups -OCH3 is 1. The van der Waals surface area contributed by atoms with Crippen LogP contribution in [0.1, 0.15) is 37.4 Å². The van der Waals surface area contributed by atoms with E-state index in [-0.39, 0.29) is 12.1 Å². The minimum atomic E-state index is -0.0279. The molecule has 0 spiro atoms. The first-order valence-electron chi connectivity index (χ1n) is 7.97. The smallest absolute Gasteiger partial charge is 0.238 e. The number of hydrogen-bond acceptors (Lipinski definition) is 3. The third kappa shape index (κ3) is 2.31. The maximum Gasteiger partial charge on any atom is 0.238 e. The molecule has 0 radical (unpaired) electrons. The highest BCUT2D eigenvalue weighted by Crippen LogP contribution is 2.50. The van der Waals surface area contributed by atoms with Crippen LogP contribution < -0.4 is 10.1 Å². The van der Waals surface area contributed by atoms with Crippen molar-refractivity contribution in [1.29, 1.82) is 0 Å². The highest BCUT2D eigenvalue weighted by atomic mass is 16.5. The van der Waals surface area contributed by atoms with Crippen LogP contribution in [0, 0.1) is 11.8 Å². The van der Waals surface area contributed by atoms with Crippen LogP contribution in [0.2, 0.25) is 0 Å². The van der Waals surface area contributed by atoms with E-state index in [0.29, 0.717) is 12.6 Å². The largest absolute Gasteiger partial charge is 0.496 e. The Hall–Kier alpha value is -1.55. The van der Waals surface area contributed by atoms with Gasteiger partial charge in [0.2, 0.25) is 5.91 Å². The minimum Gasteiger partial charge on any atom is -0.496 e. The number of hydrogen-bond donors (Lipinski definition) is 1. The molecule has 1 aliphatic heterocycles. The summed E-state index contributed by atoms with van der Waals surface area (Å²) in [5.41, 5.74) is 1.08. The van der Waals surface area contributed by atoms with Crippen molar-refractivity contribution in [3.63, 3.8) is 0 Å². The van der Waals surface area contributed by atoms with Gasteiger partial charge in [0.15, 0.2) is 0 Å². The maximum absolute atomic E-state index is 12.5. The maximum atomic E-state index is 12.5. The lowest BCUT2D eigenvalue weighted by Gasteiger charge is -2.34. The van der Waals surface area contributed by atoms with Crippen molar-refractivity contribution in [3.05, 3.63) is 29.8 Å². The summed E-state index contributed by atoms with van der Waals surface area (Å²) in [5, 5.41) is 3.39. The van der Waals surface area contributed by atoms with Crippen LogP contribution in [0.4, 0.5) is 0 Å². The van der Waals surface area contributed by atoms with Crippen molar-refractivity contribution in [2.45, 2.75) is 37.9 Å². The lowest BCUT2D eigenvalue weighted by molar-refractivity contribution is -0.131. The zero-order valence-corrected chi connectivity index (χ0v) is 12.4. The monoisotopic (exact) mass is 286 g/mol. The molecule has 0 bridgehead atoms. The van der Waals surface area contributed by atoms with Gasteiger partial charge in [-0.05, 0) is 43.6 Å². The second kappa shape index (κ2) is 5.02. The molecule has 4 heteroatoms. The van der Waals surface area contributed by atoms with Gasteiger partial charge in [-0.3, -0.25) is 10.1 Å². The van der Waals surface area contributed by atoms with Gasteiger partial charge in [-0.15, -0.1) is 0 Å². The van der Waals surface area contributed by atoms with Crippen LogP contribution in [0.25, 0.3) is 0 Å². The molecule has 1 heterocycles. The van der Waals surface area contributed by atoms with E-state index in [0.717, 1.165) is 23.1 Å². The average molecular weight is 286 g/mol. The summed E-state index contributed by atoms with van der Waals surface area (Å²) in [6.07, 6.45) is 5.10. The first kappa shape index (κ1) is 13.1. The van der Waals surface area contributed by atoms with E-state index in [4.69, 9.17) is 4.74 Å². The third-order valence-electron chi connectivity index (χ3n) is 4.98. The first-order valence-corrected chi connectivity index (χ1v) is 7.97. The van der Waals surface area contributed by atoms with Crippen molar-refractivity contribution in [2.75, 3.05) is 13.7 Å². The normalized spacial score (nSPS) is 25.7. The standard InChI is InChI=1S/C17H22N2O2/c1-21-14-5-3-2-4-13(14)17-18-10-15(20)19(17)16(11-6-7-11)12-8-9-12/h2-5,11-12,16-18H,6-10H2,1H3. The summed E-state index contributed by atoms with van der Waals surface area (Å²) in [5.74, 6) is 2.55. The summed E-state index contributed by atoms with van der Waals surface area (Å²) in [6, 6.07) is 8.47. The van der Waals surface area contributed by atoms with Gasteiger partial charge < -0.3 is 9.64 Å². The van der Waals surface area contributed by atoms with E-state index in [9.17, 15) is 4.79 Å². The number of carbonyl (C=O) groups is 1. The number of amides is 1. The Bertz CT molecular complexity index is 539. The molecule has 3 fully saturated rings. The second-order valence-corrected chi connectivity index (χ2v) is 6.49. The van der Waals surface area contributed by atoms with Crippen LogP contribution in [0.15, 0.2) is 24.3 Å². The van der Waals surface area contributed by atoms with Crippen molar-refractivity contribution in [3.8, 4) is 5.75 Å². The van der Waals surface area contributed by atoms with Crippen molar-refractivity contribution < 1.29 is 9.53 Å². The van der Waals surface area contributed by atoms with Gasteiger partial charge in [-0.25, -0.2) is 0 Å². The molecule has 1 atom stereocenters. The number of nitrogens with one attached hydrogen (secondary N) is 1. The predicted molar refractivity (Wildman–Crippen MR) is 79.8 cm³/mol. The van der Waals surface area contributed by atoms with Gasteiger partial charge in [-0.2, -0.15) is 0 Å². The van der Waals surface area contributed by atoms with Gasteiger partial charge in [0.05, 0.1) is 13.7 Å². The van der Waals surface area contributed by atoms with E-state index in [1.54, 1.807) is 7.11 Å². The molecule has 1 unspecified atom stereocenters. The molecule has 2 saturated carbocycles. The molecule has 0 aromatic heterocycles. The molecule has 1 N–H and O–H groups in total. The molecule has 1 saturated heterocycles. The van der Waals surface area contributed by atoms with Crippen LogP contribution >= 0.6 is 0 Å². The molecule has 2 aliphatic carbocycles. The minimum absolute atomic E-state index is 0.0279. The Morgan fingerprint density at radius 1 is 1.19 bits per heavy atom. The van der Waals surface area contributed by atoms with Crippen LogP contribution in [-0.4, -0.2) is 30.5 Å². The van der Waals surface area contributed by atoms with Crippen LogP contribution in [-0.2, 0) is 4.79 Å². The molecule has 3 aliphatic rings. The zero-order chi connectivity index (χ0) is 14.4. The van der Waals surface area contributed by atoms with Crippen molar-refractivity contribution >= 4 is 5.91 Å². The molecule has 1 aromatic carbocycles. The number of benzene rings is 1. The third-order valence-corrected chi connectivity index (χ3v) is 4.98. The van der Waals surface area contributed by atoms with Crippen LogP contribution in [0.5, 0.6) is 5.75 Å². The quantitative estimate of drug-likeness (QED) is 0.903. The molecule has 4 nitrogen and oxygen atoms in total. The predicted octanol–water partition coefficient (Wildman–Crippen LogP) is 2.31. The number of nitrogens with zero attached hydrogens (tertiary/aromatic N) is 1. The zero-order valence-electron chi connectivity index (χ0n) is 12.4. The van der Waals surface area contributed by atoms with Crippen LogP contribution in [0.3, 0.4) is 0 Å². The second-order valence-electron chi connectivity index (χ2n) is 6.49. The number of rotatable bonds is 5. The summed E-state index contributed by atoms with van der Waals surface area (Å²) in [4.78, 5) is 14.6. The van der Waals surface area contributed by atoms with E-state index < -0.39 is 0 Å². The van der Waals surface area contributed by atoms with E-state index in [1.165, 1.54) is 25.7 Å². The fraction of sp³-hybridized carbons (Fsp3) is 0.588. The summed E-state index contributed by atoms with van der Waals surface area (Å²) < 4.78 is 5.50. The van der Waals surface area contributed by atoms with Gasteiger partial charge >= 0.3 is 0 Å². The topological polar surface area (TPSA) is 41.6 Å². The fourth-order valence-electron chi connectivity index (χ4n) is 3.72. The number of carbonyl (C=O) groups excluding carboxylic acids is 1. The van der Waals surface area contributed by atoms with Crippen molar-refractivity contribution in [2.24, 2.45) is 11.8 Å². The number of para-hydroxylation sites is 1. The Labute approximate surface area is 125 Å². The first-order chi connectivity index (χ1) is 10.3. The molecular formula is C17H22N2O2. The van der Waals surface area contributed by atoms with Crippen molar-refractivity contribution in [1.82, 2.24) is 10.2 Å². The highest BCUT2D eigenvalue weighted by molar-refractivity contribution is 5.81. The SMILES string of the molecule is COc1ccccc1C1NCC(=O)N1C(C1CC1)C1CC1. The molecule has 112 valence electrons. The lowest BCUT2D eigenvalue weighted by Crippen LogP contribution is -2.42. The van der Waals surface area contributed by atoms with E-state index in [2.05, 4.69) is 16.3 Å². The Morgan fingerprint density at radius 2 is 1.86 bits per heavy atom. The lowest BCUT2D eigenvalue weighted by atomic mass is 10.0. The van der Waals surface area contributed by atoms with Gasteiger partial charge in [-0.1, -0.05) is 18.2 Å². The Balaban J connectivity index is 1.68. The molecule has 1 amide bonds. The molecule has 4 rings (SSSR count). The average Bonchev–Trinajstić information content (AvgIpc) is 3.41. The molecular weight excluding hydrogens is 264 g/mol. The van der Waals surface area contributed by atoms with E-state index in [1.807, 2.05) is 18.2 Å². The summed E-state index contributed by atoms with van der Waals surface area (Å²) >= 11 is 0. The van der Waals surface area contributed by atoms with Gasteiger partial charge in [0.25, 0.3) is 0 Å².